The Morgan fingerprint density at radius 2 is 1.62 bits per heavy atom. The molecular weight excluding hydrogens is 324 g/mol. The van der Waals surface area contributed by atoms with Gasteiger partial charge in [0.15, 0.2) is 5.79 Å². The van der Waals surface area contributed by atoms with Crippen LogP contribution in [-0.2, 0) is 9.47 Å². The quantitative estimate of drug-likeness (QED) is 0.665. The van der Waals surface area contributed by atoms with E-state index in [4.69, 9.17) is 9.47 Å². The highest BCUT2D eigenvalue weighted by atomic mass is 16.8. The lowest BCUT2D eigenvalue weighted by molar-refractivity contribution is -0.199. The van der Waals surface area contributed by atoms with Crippen molar-refractivity contribution in [3.8, 4) is 0 Å². The Hall–Kier alpha value is -0.120. The van der Waals surface area contributed by atoms with E-state index < -0.39 is 5.79 Å². The van der Waals surface area contributed by atoms with Crippen molar-refractivity contribution < 1.29 is 14.6 Å². The Balaban J connectivity index is 1.43. The second-order valence-electron chi connectivity index (χ2n) is 11.0. The number of aliphatic hydroxyl groups is 1. The third-order valence-corrected chi connectivity index (χ3v) is 9.66. The van der Waals surface area contributed by atoms with Crippen molar-refractivity contribution in [2.45, 2.75) is 109 Å². The Bertz CT molecular complexity index is 574. The van der Waals surface area contributed by atoms with Crippen LogP contribution in [-0.4, -0.2) is 28.7 Å². The van der Waals surface area contributed by atoms with E-state index in [2.05, 4.69) is 27.7 Å². The molecule has 3 heteroatoms. The van der Waals surface area contributed by atoms with Crippen molar-refractivity contribution >= 4 is 0 Å². The molecule has 0 bridgehead atoms. The molecule has 9 atom stereocenters. The van der Waals surface area contributed by atoms with Gasteiger partial charge in [0.1, 0.15) is 5.60 Å². The molecule has 4 unspecified atom stereocenters. The van der Waals surface area contributed by atoms with Crippen LogP contribution in [0.15, 0.2) is 0 Å². The zero-order valence-electron chi connectivity index (χ0n) is 17.2. The zero-order valence-corrected chi connectivity index (χ0v) is 17.2. The Labute approximate surface area is 159 Å². The molecule has 0 amide bonds. The van der Waals surface area contributed by atoms with Crippen LogP contribution in [0.4, 0.5) is 0 Å². The molecule has 0 aromatic heterocycles. The van der Waals surface area contributed by atoms with Crippen LogP contribution in [0.5, 0.6) is 0 Å². The number of rotatable bonds is 0. The van der Waals surface area contributed by atoms with Crippen molar-refractivity contribution in [1.82, 2.24) is 0 Å². The second-order valence-corrected chi connectivity index (χ2v) is 11.0. The van der Waals surface area contributed by atoms with Crippen molar-refractivity contribution in [3.05, 3.63) is 0 Å². The van der Waals surface area contributed by atoms with E-state index in [0.717, 1.165) is 42.4 Å². The Morgan fingerprint density at radius 1 is 0.846 bits per heavy atom. The summed E-state index contributed by atoms with van der Waals surface area (Å²) in [4.78, 5) is 0. The topological polar surface area (TPSA) is 38.7 Å². The largest absolute Gasteiger partial charge is 0.393 e. The molecule has 148 valence electrons. The van der Waals surface area contributed by atoms with Gasteiger partial charge in [0.25, 0.3) is 0 Å². The Kier molecular flexibility index (Phi) is 3.94. The predicted octanol–water partition coefficient (Wildman–Crippen LogP) is 4.91. The molecule has 4 aliphatic carbocycles. The Morgan fingerprint density at radius 3 is 2.35 bits per heavy atom. The maximum atomic E-state index is 10.1. The average molecular weight is 363 g/mol. The van der Waals surface area contributed by atoms with Crippen LogP contribution in [0.1, 0.15) is 85.5 Å². The van der Waals surface area contributed by atoms with E-state index >= 15 is 0 Å². The number of aliphatic hydroxyl groups excluding tert-OH is 1. The summed E-state index contributed by atoms with van der Waals surface area (Å²) in [5.74, 6) is 3.82. The number of hydrogen-bond acceptors (Lipinski definition) is 3. The number of hydrogen-bond donors (Lipinski definition) is 1. The summed E-state index contributed by atoms with van der Waals surface area (Å²) >= 11 is 0. The molecular formula is C23H38O3. The lowest BCUT2D eigenvalue weighted by atomic mass is 9.49. The summed E-state index contributed by atoms with van der Waals surface area (Å²) in [7, 11) is 0. The van der Waals surface area contributed by atoms with Crippen molar-refractivity contribution in [2.24, 2.45) is 35.0 Å². The van der Waals surface area contributed by atoms with Gasteiger partial charge in [-0.15, -0.1) is 0 Å². The van der Waals surface area contributed by atoms with E-state index in [1.54, 1.807) is 0 Å². The fourth-order valence-corrected chi connectivity index (χ4v) is 8.76. The molecule has 0 aromatic rings. The molecule has 4 saturated carbocycles. The van der Waals surface area contributed by atoms with E-state index in [1.165, 1.54) is 44.9 Å². The molecule has 0 aromatic carbocycles. The third-order valence-electron chi connectivity index (χ3n) is 9.66. The van der Waals surface area contributed by atoms with Gasteiger partial charge in [0, 0.05) is 5.41 Å². The summed E-state index contributed by atoms with van der Waals surface area (Å²) in [6.45, 7) is 8.99. The minimum absolute atomic E-state index is 0.0245. The third kappa shape index (κ3) is 2.29. The minimum Gasteiger partial charge on any atom is -0.393 e. The van der Waals surface area contributed by atoms with E-state index in [9.17, 15) is 5.11 Å². The lowest BCUT2D eigenvalue weighted by Gasteiger charge is -2.58. The van der Waals surface area contributed by atoms with E-state index in [0.29, 0.717) is 0 Å². The van der Waals surface area contributed by atoms with E-state index in [-0.39, 0.29) is 23.2 Å². The molecule has 1 spiro atoms. The van der Waals surface area contributed by atoms with Crippen LogP contribution in [0.25, 0.3) is 0 Å². The van der Waals surface area contributed by atoms with Gasteiger partial charge in [0.05, 0.1) is 12.2 Å². The molecule has 1 heterocycles. The van der Waals surface area contributed by atoms with Crippen LogP contribution >= 0.6 is 0 Å². The first-order chi connectivity index (χ1) is 12.3. The molecule has 1 N–H and O–H groups in total. The maximum absolute atomic E-state index is 10.1. The molecule has 3 nitrogen and oxygen atoms in total. The first-order valence-electron chi connectivity index (χ1n) is 11.3. The van der Waals surface area contributed by atoms with Crippen LogP contribution in [0.2, 0.25) is 0 Å². The van der Waals surface area contributed by atoms with Crippen LogP contribution in [0.3, 0.4) is 0 Å². The molecule has 0 radical (unpaired) electrons. The van der Waals surface area contributed by atoms with Crippen LogP contribution in [0, 0.1) is 35.0 Å². The molecule has 1 saturated heterocycles. The van der Waals surface area contributed by atoms with Gasteiger partial charge in [-0.25, -0.2) is 0 Å². The molecule has 5 rings (SSSR count). The summed E-state index contributed by atoms with van der Waals surface area (Å²) in [6, 6.07) is 0. The van der Waals surface area contributed by atoms with Crippen molar-refractivity contribution in [3.63, 3.8) is 0 Å². The van der Waals surface area contributed by atoms with Crippen molar-refractivity contribution in [2.75, 3.05) is 0 Å². The molecule has 5 aliphatic rings. The lowest BCUT2D eigenvalue weighted by Crippen LogP contribution is -2.57. The van der Waals surface area contributed by atoms with E-state index in [1.807, 2.05) is 0 Å². The van der Waals surface area contributed by atoms with Gasteiger partial charge in [0.2, 0.25) is 0 Å². The second kappa shape index (κ2) is 5.70. The normalized spacial score (nSPS) is 58.3. The first kappa shape index (κ1) is 17.9. The monoisotopic (exact) mass is 362 g/mol. The smallest absolute Gasteiger partial charge is 0.164 e. The van der Waals surface area contributed by atoms with Crippen LogP contribution < -0.4 is 0 Å². The fourth-order valence-electron chi connectivity index (χ4n) is 8.76. The highest BCUT2D eigenvalue weighted by Gasteiger charge is 2.69. The van der Waals surface area contributed by atoms with Gasteiger partial charge in [-0.1, -0.05) is 6.92 Å². The fraction of sp³-hybridized carbons (Fsp3) is 1.00. The average Bonchev–Trinajstić information content (AvgIpc) is 3.00. The molecule has 26 heavy (non-hydrogen) atoms. The standard InChI is InChI=1S/C23H38O3/c1-14-23(26-21(2,3)25-14)12-10-20-19-7-5-15-13-16(24)6-8-17(15)18(19)9-11-22(20,23)4/h14-20,24H,5-13H2,1-4H3/t14-,15-,16-,17?,18?,19?,20?,22+,23+/m1/s1. The first-order valence-corrected chi connectivity index (χ1v) is 11.3. The van der Waals surface area contributed by atoms with Gasteiger partial charge >= 0.3 is 0 Å². The summed E-state index contributed by atoms with van der Waals surface area (Å²) in [5, 5.41) is 10.1. The highest BCUT2D eigenvalue weighted by Crippen LogP contribution is 2.69. The van der Waals surface area contributed by atoms with Gasteiger partial charge in [-0.2, -0.15) is 0 Å². The van der Waals surface area contributed by atoms with Gasteiger partial charge in [-0.3, -0.25) is 0 Å². The highest BCUT2D eigenvalue weighted by molar-refractivity contribution is 5.17. The summed E-state index contributed by atoms with van der Waals surface area (Å²) < 4.78 is 13.0. The number of fused-ring (bicyclic) bond motifs is 6. The van der Waals surface area contributed by atoms with Gasteiger partial charge < -0.3 is 14.6 Å². The maximum Gasteiger partial charge on any atom is 0.164 e. The SMILES string of the molecule is C[C@H]1OC(C)(C)O[C@@]12CCC1C3CC[C@@H]4C[C@H](O)CCC4C3CC[C@@]12C. The molecule has 1 aliphatic heterocycles. The molecule has 5 fully saturated rings. The number of ether oxygens (including phenoxy) is 2. The minimum atomic E-state index is -0.439. The zero-order chi connectivity index (χ0) is 18.3. The van der Waals surface area contributed by atoms with Crippen molar-refractivity contribution in [1.29, 1.82) is 0 Å². The summed E-state index contributed by atoms with van der Waals surface area (Å²) in [6.07, 6.45) is 11.4. The summed E-state index contributed by atoms with van der Waals surface area (Å²) in [5.41, 5.74) is 0.189. The predicted molar refractivity (Wildman–Crippen MR) is 102 cm³/mol. The van der Waals surface area contributed by atoms with Gasteiger partial charge in [-0.05, 0) is 108 Å².